The Balaban J connectivity index is 0.00000361. The largest absolute Gasteiger partial charge is 0.494 e. The molecule has 0 bridgehead atoms. The fraction of sp³-hybridized carbons (Fsp3) is 0.533. The lowest BCUT2D eigenvalue weighted by atomic mass is 10.1. The summed E-state index contributed by atoms with van der Waals surface area (Å²) in [6, 6.07) is 7.84. The minimum Gasteiger partial charge on any atom is -0.494 e. The maximum Gasteiger partial charge on any atom is 0.220 e. The van der Waals surface area contributed by atoms with Crippen molar-refractivity contribution >= 4 is 18.3 Å². The molecule has 0 unspecified atom stereocenters. The van der Waals surface area contributed by atoms with Crippen LogP contribution in [0.2, 0.25) is 0 Å². The number of hydrogen-bond acceptors (Lipinski definition) is 3. The number of carbonyl (C=O) groups is 1. The molecule has 0 heterocycles. The van der Waals surface area contributed by atoms with Gasteiger partial charge in [0.2, 0.25) is 5.91 Å². The van der Waals surface area contributed by atoms with Crippen LogP contribution < -0.4 is 15.8 Å². The fourth-order valence-corrected chi connectivity index (χ4v) is 1.59. The lowest BCUT2D eigenvalue weighted by Gasteiger charge is -2.18. The third-order valence-electron chi connectivity index (χ3n) is 2.62. The Bertz CT molecular complexity index is 399. The summed E-state index contributed by atoms with van der Waals surface area (Å²) >= 11 is 0. The predicted molar refractivity (Wildman–Crippen MR) is 84.5 cm³/mol. The second-order valence-electron chi connectivity index (χ2n) is 5.34. The second-order valence-corrected chi connectivity index (χ2v) is 5.34. The lowest BCUT2D eigenvalue weighted by molar-refractivity contribution is -0.121. The Hall–Kier alpha value is -1.26. The van der Waals surface area contributed by atoms with Crippen LogP contribution in [0.1, 0.15) is 32.8 Å². The molecule has 0 aliphatic heterocycles. The molecule has 0 radical (unpaired) electrons. The minimum atomic E-state index is -0.366. The molecule has 0 atom stereocenters. The number of hydrogen-bond donors (Lipinski definition) is 2. The molecule has 0 spiro atoms. The summed E-state index contributed by atoms with van der Waals surface area (Å²) in [7, 11) is 0. The standard InChI is InChI=1S/C15H24N2O2.ClH/c1-4-19-13-8-5-12(6-9-13)7-10-14(18)17-11-15(2,3)16;/h5-6,8-9H,4,7,10-11,16H2,1-3H3,(H,17,18);1H. The number of ether oxygens (including phenoxy) is 1. The highest BCUT2D eigenvalue weighted by Crippen LogP contribution is 2.13. The van der Waals surface area contributed by atoms with E-state index in [0.29, 0.717) is 19.6 Å². The van der Waals surface area contributed by atoms with Gasteiger partial charge in [0.05, 0.1) is 6.61 Å². The molecule has 0 aliphatic carbocycles. The highest BCUT2D eigenvalue weighted by molar-refractivity contribution is 5.85. The summed E-state index contributed by atoms with van der Waals surface area (Å²) in [4.78, 5) is 11.6. The first kappa shape index (κ1) is 18.7. The van der Waals surface area contributed by atoms with E-state index in [1.165, 1.54) is 0 Å². The molecule has 0 aromatic heterocycles. The number of rotatable bonds is 7. The third kappa shape index (κ3) is 8.02. The minimum absolute atomic E-state index is 0. The van der Waals surface area contributed by atoms with E-state index in [0.717, 1.165) is 17.7 Å². The van der Waals surface area contributed by atoms with Gasteiger partial charge in [-0.3, -0.25) is 4.79 Å². The van der Waals surface area contributed by atoms with Crippen LogP contribution in [0.3, 0.4) is 0 Å². The summed E-state index contributed by atoms with van der Waals surface area (Å²) in [5.74, 6) is 0.896. The van der Waals surface area contributed by atoms with Gasteiger partial charge in [-0.25, -0.2) is 0 Å². The molecule has 0 saturated carbocycles. The lowest BCUT2D eigenvalue weighted by Crippen LogP contribution is -2.45. The van der Waals surface area contributed by atoms with Crippen molar-refractivity contribution in [2.75, 3.05) is 13.2 Å². The van der Waals surface area contributed by atoms with E-state index in [1.54, 1.807) is 0 Å². The first-order chi connectivity index (χ1) is 8.90. The summed E-state index contributed by atoms with van der Waals surface area (Å²) in [5.41, 5.74) is 6.57. The zero-order chi connectivity index (χ0) is 14.3. The Morgan fingerprint density at radius 3 is 2.40 bits per heavy atom. The molecule has 1 rings (SSSR count). The maximum atomic E-state index is 11.6. The zero-order valence-electron chi connectivity index (χ0n) is 12.4. The third-order valence-corrected chi connectivity index (χ3v) is 2.62. The molecule has 4 nitrogen and oxygen atoms in total. The number of benzene rings is 1. The van der Waals surface area contributed by atoms with Crippen molar-refractivity contribution in [1.82, 2.24) is 5.32 Å². The van der Waals surface area contributed by atoms with Crippen molar-refractivity contribution in [3.8, 4) is 5.75 Å². The van der Waals surface area contributed by atoms with Gasteiger partial charge < -0.3 is 15.8 Å². The van der Waals surface area contributed by atoms with E-state index in [9.17, 15) is 4.79 Å². The van der Waals surface area contributed by atoms with Gasteiger partial charge in [0.15, 0.2) is 0 Å². The van der Waals surface area contributed by atoms with Crippen molar-refractivity contribution in [3.05, 3.63) is 29.8 Å². The number of halogens is 1. The molecule has 3 N–H and O–H groups in total. The van der Waals surface area contributed by atoms with Crippen LogP contribution in [0.25, 0.3) is 0 Å². The van der Waals surface area contributed by atoms with Crippen LogP contribution in [0.4, 0.5) is 0 Å². The van der Waals surface area contributed by atoms with E-state index in [-0.39, 0.29) is 23.9 Å². The first-order valence-corrected chi connectivity index (χ1v) is 6.68. The number of nitrogens with two attached hydrogens (primary N) is 1. The number of amides is 1. The summed E-state index contributed by atoms with van der Waals surface area (Å²) < 4.78 is 5.37. The average molecular weight is 301 g/mol. The molecule has 0 fully saturated rings. The Morgan fingerprint density at radius 1 is 1.30 bits per heavy atom. The van der Waals surface area contributed by atoms with Crippen molar-refractivity contribution in [2.45, 2.75) is 39.2 Å². The highest BCUT2D eigenvalue weighted by atomic mass is 35.5. The fourth-order valence-electron chi connectivity index (χ4n) is 1.59. The van der Waals surface area contributed by atoms with Gasteiger partial charge in [-0.05, 0) is 44.9 Å². The Kier molecular flexibility index (Phi) is 8.26. The van der Waals surface area contributed by atoms with Crippen molar-refractivity contribution < 1.29 is 9.53 Å². The van der Waals surface area contributed by atoms with E-state index in [2.05, 4.69) is 5.32 Å². The highest BCUT2D eigenvalue weighted by Gasteiger charge is 2.11. The first-order valence-electron chi connectivity index (χ1n) is 6.68. The van der Waals surface area contributed by atoms with Crippen molar-refractivity contribution in [1.29, 1.82) is 0 Å². The molecule has 114 valence electrons. The van der Waals surface area contributed by atoms with Crippen molar-refractivity contribution in [2.24, 2.45) is 5.73 Å². The second kappa shape index (κ2) is 8.82. The predicted octanol–water partition coefficient (Wildman–Crippen LogP) is 2.29. The van der Waals surface area contributed by atoms with Gasteiger partial charge in [0.1, 0.15) is 5.75 Å². The molecule has 0 saturated heterocycles. The number of nitrogens with one attached hydrogen (secondary N) is 1. The quantitative estimate of drug-likeness (QED) is 0.812. The van der Waals surface area contributed by atoms with Crippen LogP contribution in [0.5, 0.6) is 5.75 Å². The van der Waals surface area contributed by atoms with Gasteiger partial charge in [-0.15, -0.1) is 12.4 Å². The van der Waals surface area contributed by atoms with Crippen LogP contribution in [0, 0.1) is 0 Å². The normalized spacial score (nSPS) is 10.6. The van der Waals surface area contributed by atoms with Gasteiger partial charge in [0, 0.05) is 18.5 Å². The molecular weight excluding hydrogens is 276 g/mol. The number of carbonyl (C=O) groups excluding carboxylic acids is 1. The smallest absolute Gasteiger partial charge is 0.220 e. The van der Waals surface area contributed by atoms with Gasteiger partial charge in [-0.2, -0.15) is 0 Å². The average Bonchev–Trinajstić information content (AvgIpc) is 2.35. The van der Waals surface area contributed by atoms with E-state index < -0.39 is 0 Å². The maximum absolute atomic E-state index is 11.6. The van der Waals surface area contributed by atoms with Crippen LogP contribution in [-0.2, 0) is 11.2 Å². The molecule has 20 heavy (non-hydrogen) atoms. The molecule has 5 heteroatoms. The SMILES string of the molecule is CCOc1ccc(CCC(=O)NCC(C)(C)N)cc1.Cl. The molecular formula is C15H25ClN2O2. The zero-order valence-corrected chi connectivity index (χ0v) is 13.3. The van der Waals surface area contributed by atoms with Crippen LogP contribution in [0.15, 0.2) is 24.3 Å². The van der Waals surface area contributed by atoms with E-state index >= 15 is 0 Å². The van der Waals surface area contributed by atoms with E-state index in [1.807, 2.05) is 45.0 Å². The number of aryl methyl sites for hydroxylation is 1. The summed E-state index contributed by atoms with van der Waals surface area (Å²) in [6.07, 6.45) is 1.20. The summed E-state index contributed by atoms with van der Waals surface area (Å²) in [5, 5.41) is 2.84. The van der Waals surface area contributed by atoms with Crippen LogP contribution >= 0.6 is 12.4 Å². The Labute approximate surface area is 127 Å². The van der Waals surface area contributed by atoms with Crippen molar-refractivity contribution in [3.63, 3.8) is 0 Å². The monoisotopic (exact) mass is 300 g/mol. The molecule has 1 amide bonds. The van der Waals surface area contributed by atoms with Gasteiger partial charge in [-0.1, -0.05) is 12.1 Å². The molecule has 1 aromatic rings. The summed E-state index contributed by atoms with van der Waals surface area (Å²) in [6.45, 7) is 6.89. The van der Waals surface area contributed by atoms with Gasteiger partial charge in [0.25, 0.3) is 0 Å². The Morgan fingerprint density at radius 2 is 1.90 bits per heavy atom. The van der Waals surface area contributed by atoms with Crippen LogP contribution in [-0.4, -0.2) is 24.6 Å². The topological polar surface area (TPSA) is 64.3 Å². The molecule has 0 aliphatic rings. The van der Waals surface area contributed by atoms with Gasteiger partial charge >= 0.3 is 0 Å². The molecule has 1 aromatic carbocycles. The van der Waals surface area contributed by atoms with E-state index in [4.69, 9.17) is 10.5 Å².